The average Bonchev–Trinajstić information content (AvgIpc) is 3.15. The van der Waals surface area contributed by atoms with Crippen LogP contribution in [0.25, 0.3) is 11.3 Å². The molecule has 156 valence electrons. The van der Waals surface area contributed by atoms with Gasteiger partial charge in [0.25, 0.3) is 5.69 Å². The van der Waals surface area contributed by atoms with Gasteiger partial charge in [-0.25, -0.2) is 4.99 Å². The van der Waals surface area contributed by atoms with Gasteiger partial charge in [0.1, 0.15) is 0 Å². The molecule has 2 aromatic carbocycles. The summed E-state index contributed by atoms with van der Waals surface area (Å²) in [4.78, 5) is 16.8. The summed E-state index contributed by atoms with van der Waals surface area (Å²) in [7, 11) is 0. The van der Waals surface area contributed by atoms with Gasteiger partial charge in [-0.3, -0.25) is 10.1 Å². The molecule has 0 radical (unpaired) electrons. The number of rotatable bonds is 4. The van der Waals surface area contributed by atoms with Crippen LogP contribution in [0.4, 0.5) is 11.4 Å². The topological polar surface area (TPSA) is 60.4 Å². The van der Waals surface area contributed by atoms with Crippen molar-refractivity contribution >= 4 is 22.7 Å². The van der Waals surface area contributed by atoms with Crippen LogP contribution in [0, 0.1) is 29.9 Å². The third-order valence-electron chi connectivity index (χ3n) is 6.31. The fraction of sp³-hybridized carbons (Fsp3) is 0.375. The van der Waals surface area contributed by atoms with Gasteiger partial charge in [0.15, 0.2) is 4.80 Å². The van der Waals surface area contributed by atoms with Crippen LogP contribution < -0.4 is 4.80 Å². The van der Waals surface area contributed by atoms with Gasteiger partial charge in [-0.1, -0.05) is 31.9 Å². The summed E-state index contributed by atoms with van der Waals surface area (Å²) < 4.78 is 2.39. The fourth-order valence-corrected chi connectivity index (χ4v) is 5.29. The summed E-state index contributed by atoms with van der Waals surface area (Å²) in [6.45, 7) is 6.56. The van der Waals surface area contributed by atoms with Gasteiger partial charge >= 0.3 is 0 Å². The monoisotopic (exact) mass is 421 g/mol. The minimum atomic E-state index is -0.351. The third-order valence-corrected chi connectivity index (χ3v) is 7.15. The van der Waals surface area contributed by atoms with Crippen molar-refractivity contribution in [3.05, 3.63) is 73.9 Å². The molecular formula is C24H27N3O2S. The maximum Gasteiger partial charge on any atom is 0.269 e. The molecule has 0 aliphatic heterocycles. The molecular weight excluding hydrogens is 394 g/mol. The zero-order valence-corrected chi connectivity index (χ0v) is 18.5. The zero-order valence-electron chi connectivity index (χ0n) is 17.7. The molecule has 2 atom stereocenters. The third kappa shape index (κ3) is 3.97. The first-order valence-corrected chi connectivity index (χ1v) is 11.4. The molecule has 4 rings (SSSR count). The van der Waals surface area contributed by atoms with Crippen molar-refractivity contribution in [1.29, 1.82) is 0 Å². The highest BCUT2D eigenvalue weighted by Crippen LogP contribution is 2.37. The van der Waals surface area contributed by atoms with Gasteiger partial charge in [-0.05, 0) is 67.5 Å². The Hall–Kier alpha value is -2.73. The number of nitro benzene ring substituents is 1. The van der Waals surface area contributed by atoms with E-state index in [2.05, 4.69) is 48.9 Å². The van der Waals surface area contributed by atoms with E-state index >= 15 is 0 Å². The number of nitro groups is 1. The number of hydrogen-bond donors (Lipinski definition) is 0. The Labute approximate surface area is 180 Å². The predicted octanol–water partition coefficient (Wildman–Crippen LogP) is 6.73. The molecule has 1 aromatic heterocycles. The van der Waals surface area contributed by atoms with Crippen LogP contribution in [0.5, 0.6) is 0 Å². The van der Waals surface area contributed by atoms with Crippen LogP contribution in [0.15, 0.2) is 52.8 Å². The molecule has 5 nitrogen and oxygen atoms in total. The van der Waals surface area contributed by atoms with Gasteiger partial charge in [0.05, 0.1) is 16.3 Å². The second-order valence-electron chi connectivity index (χ2n) is 8.24. The SMILES string of the molecule is Cc1cccc(N=c2scc(-c3ccc([N+](=O)[O-])cc3)n2C2CCCCC2C)c1C. The molecule has 0 spiro atoms. The van der Waals surface area contributed by atoms with E-state index in [0.717, 1.165) is 28.2 Å². The van der Waals surface area contributed by atoms with Crippen molar-refractivity contribution in [2.75, 3.05) is 0 Å². The van der Waals surface area contributed by atoms with E-state index in [-0.39, 0.29) is 10.6 Å². The molecule has 6 heteroatoms. The summed E-state index contributed by atoms with van der Waals surface area (Å²) >= 11 is 1.65. The molecule has 2 unspecified atom stereocenters. The zero-order chi connectivity index (χ0) is 21.3. The molecule has 3 aromatic rings. The second kappa shape index (κ2) is 8.56. The van der Waals surface area contributed by atoms with Crippen molar-refractivity contribution in [1.82, 2.24) is 4.57 Å². The van der Waals surface area contributed by atoms with Crippen LogP contribution in [-0.2, 0) is 0 Å². The van der Waals surface area contributed by atoms with Crippen LogP contribution in [0.3, 0.4) is 0 Å². The number of hydrogen-bond acceptors (Lipinski definition) is 4. The Kier molecular flexibility index (Phi) is 5.86. The highest BCUT2D eigenvalue weighted by atomic mass is 32.1. The first-order valence-electron chi connectivity index (χ1n) is 10.5. The summed E-state index contributed by atoms with van der Waals surface area (Å²) in [5.74, 6) is 0.572. The Morgan fingerprint density at radius 2 is 1.83 bits per heavy atom. The van der Waals surface area contributed by atoms with E-state index in [1.807, 2.05) is 12.1 Å². The van der Waals surface area contributed by atoms with E-state index in [4.69, 9.17) is 4.99 Å². The quantitative estimate of drug-likeness (QED) is 0.346. The highest BCUT2D eigenvalue weighted by Gasteiger charge is 2.26. The van der Waals surface area contributed by atoms with Gasteiger partial charge in [-0.15, -0.1) is 11.3 Å². The first-order chi connectivity index (χ1) is 14.5. The Bertz CT molecular complexity index is 1130. The molecule has 1 aliphatic carbocycles. The van der Waals surface area contributed by atoms with Crippen molar-refractivity contribution < 1.29 is 4.92 Å². The molecule has 0 bridgehead atoms. The standard InChI is InChI=1S/C24H27N3O2S/c1-16-8-6-9-21(18(16)3)25-24-26(22-10-5-4-7-17(22)2)23(15-30-24)19-11-13-20(14-12-19)27(28)29/h6,8-9,11-15,17,22H,4-5,7,10H2,1-3H3. The number of aromatic nitrogens is 1. The van der Waals surface area contributed by atoms with Crippen LogP contribution >= 0.6 is 11.3 Å². The molecule has 30 heavy (non-hydrogen) atoms. The predicted molar refractivity (Wildman–Crippen MR) is 122 cm³/mol. The second-order valence-corrected chi connectivity index (χ2v) is 9.07. The van der Waals surface area contributed by atoms with E-state index < -0.39 is 0 Å². The summed E-state index contributed by atoms with van der Waals surface area (Å²) in [6.07, 6.45) is 4.85. The summed E-state index contributed by atoms with van der Waals surface area (Å²) in [5, 5.41) is 13.2. The minimum Gasteiger partial charge on any atom is -0.313 e. The molecule has 1 heterocycles. The smallest absolute Gasteiger partial charge is 0.269 e. The maximum absolute atomic E-state index is 11.1. The lowest BCUT2D eigenvalue weighted by atomic mass is 9.85. The minimum absolute atomic E-state index is 0.117. The van der Waals surface area contributed by atoms with Crippen LogP contribution in [-0.4, -0.2) is 9.49 Å². The van der Waals surface area contributed by atoms with Crippen molar-refractivity contribution in [3.63, 3.8) is 0 Å². The van der Waals surface area contributed by atoms with E-state index in [0.29, 0.717) is 12.0 Å². The highest BCUT2D eigenvalue weighted by molar-refractivity contribution is 7.07. The first kappa shape index (κ1) is 20.5. The average molecular weight is 422 g/mol. The molecule has 0 saturated heterocycles. The van der Waals surface area contributed by atoms with Crippen LogP contribution in [0.1, 0.15) is 49.8 Å². The summed E-state index contributed by atoms with van der Waals surface area (Å²) in [6, 6.07) is 13.5. The molecule has 1 fully saturated rings. The number of nitrogens with zero attached hydrogens (tertiary/aromatic N) is 3. The van der Waals surface area contributed by atoms with Crippen molar-refractivity contribution in [2.45, 2.75) is 52.5 Å². The molecule has 0 amide bonds. The largest absolute Gasteiger partial charge is 0.313 e. The van der Waals surface area contributed by atoms with E-state index in [1.165, 1.54) is 30.4 Å². The summed E-state index contributed by atoms with van der Waals surface area (Å²) in [5.41, 5.74) is 5.65. The van der Waals surface area contributed by atoms with E-state index in [9.17, 15) is 10.1 Å². The Morgan fingerprint density at radius 1 is 1.10 bits per heavy atom. The fourth-order valence-electron chi connectivity index (χ4n) is 4.33. The lowest BCUT2D eigenvalue weighted by Gasteiger charge is -2.31. The van der Waals surface area contributed by atoms with E-state index in [1.54, 1.807) is 23.5 Å². The number of non-ortho nitro benzene ring substituents is 1. The van der Waals surface area contributed by atoms with Gasteiger partial charge in [0, 0.05) is 23.6 Å². The normalized spacial score (nSPS) is 19.8. The van der Waals surface area contributed by atoms with Gasteiger partial charge < -0.3 is 4.57 Å². The molecule has 0 N–H and O–H groups in total. The maximum atomic E-state index is 11.1. The number of thiazole rings is 1. The lowest BCUT2D eigenvalue weighted by Crippen LogP contribution is -2.28. The van der Waals surface area contributed by atoms with Crippen LogP contribution in [0.2, 0.25) is 0 Å². The van der Waals surface area contributed by atoms with Crippen molar-refractivity contribution in [2.24, 2.45) is 10.9 Å². The lowest BCUT2D eigenvalue weighted by molar-refractivity contribution is -0.384. The van der Waals surface area contributed by atoms with Gasteiger partial charge in [0.2, 0.25) is 0 Å². The molecule has 1 aliphatic rings. The van der Waals surface area contributed by atoms with Crippen molar-refractivity contribution in [3.8, 4) is 11.3 Å². The van der Waals surface area contributed by atoms with Gasteiger partial charge in [-0.2, -0.15) is 0 Å². The number of aryl methyl sites for hydroxylation is 1. The molecule has 1 saturated carbocycles. The Balaban J connectivity index is 1.88. The Morgan fingerprint density at radius 3 is 2.53 bits per heavy atom. The number of benzene rings is 2.